The Morgan fingerprint density at radius 3 is 3.05 bits per heavy atom. The number of carbonyl (C=O) groups excluding carboxylic acids is 1. The summed E-state index contributed by atoms with van der Waals surface area (Å²) in [7, 11) is 0. The predicted octanol–water partition coefficient (Wildman–Crippen LogP) is 2.58. The van der Waals surface area contributed by atoms with Gasteiger partial charge in [0.15, 0.2) is 5.82 Å². The molecule has 1 aliphatic heterocycles. The minimum atomic E-state index is 0.0325. The lowest BCUT2D eigenvalue weighted by Gasteiger charge is -2.25. The highest BCUT2D eigenvalue weighted by Crippen LogP contribution is 2.30. The van der Waals surface area contributed by atoms with Gasteiger partial charge in [0.25, 0.3) is 0 Å². The van der Waals surface area contributed by atoms with Crippen LogP contribution in [0.25, 0.3) is 0 Å². The quantitative estimate of drug-likeness (QED) is 0.820. The van der Waals surface area contributed by atoms with E-state index >= 15 is 0 Å². The minimum absolute atomic E-state index is 0.0325. The summed E-state index contributed by atoms with van der Waals surface area (Å²) in [6.45, 7) is 8.92. The van der Waals surface area contributed by atoms with E-state index < -0.39 is 0 Å². The summed E-state index contributed by atoms with van der Waals surface area (Å²) in [5, 5.41) is 11.3. The van der Waals surface area contributed by atoms with E-state index in [1.54, 1.807) is 6.33 Å². The average Bonchev–Trinajstić information content (AvgIpc) is 3.06. The molecule has 1 atom stereocenters. The second-order valence-corrected chi connectivity index (χ2v) is 6.17. The molecule has 0 spiro atoms. The molecular weight excluding hydrogens is 266 g/mol. The number of amides is 2. The number of carbonyl (C=O) groups is 1. The monoisotopic (exact) mass is 293 g/mol. The minimum Gasteiger partial charge on any atom is -0.338 e. The molecule has 21 heavy (non-hydrogen) atoms. The molecule has 1 aromatic rings. The van der Waals surface area contributed by atoms with Crippen molar-refractivity contribution >= 4 is 6.03 Å². The number of nitrogens with one attached hydrogen (secondary N) is 1. The van der Waals surface area contributed by atoms with Crippen molar-refractivity contribution < 1.29 is 4.79 Å². The standard InChI is InChI=1S/C15H27N5O/c1-4-5-8-16-15(21)20-9-6-7-13(20)14-18-17-11-19(14)10-12(2)3/h11-13H,4-10H2,1-3H3,(H,16,21)/t13-/m1/s1. The molecule has 1 N–H and O–H groups in total. The average molecular weight is 293 g/mol. The summed E-state index contributed by atoms with van der Waals surface area (Å²) in [5.74, 6) is 1.46. The van der Waals surface area contributed by atoms with Crippen molar-refractivity contribution in [1.29, 1.82) is 0 Å². The first-order valence-electron chi connectivity index (χ1n) is 8.05. The molecule has 2 heterocycles. The van der Waals surface area contributed by atoms with Crippen molar-refractivity contribution in [2.75, 3.05) is 13.1 Å². The van der Waals surface area contributed by atoms with E-state index in [2.05, 4.69) is 40.9 Å². The third-order valence-corrected chi connectivity index (χ3v) is 3.83. The summed E-state index contributed by atoms with van der Waals surface area (Å²) in [4.78, 5) is 14.2. The second-order valence-electron chi connectivity index (χ2n) is 6.17. The van der Waals surface area contributed by atoms with Gasteiger partial charge in [0.05, 0.1) is 6.04 Å². The van der Waals surface area contributed by atoms with Gasteiger partial charge in [-0.2, -0.15) is 0 Å². The van der Waals surface area contributed by atoms with E-state index in [4.69, 9.17) is 0 Å². The Balaban J connectivity index is 2.04. The molecule has 6 heteroatoms. The second kappa shape index (κ2) is 7.43. The van der Waals surface area contributed by atoms with E-state index in [0.717, 1.165) is 51.1 Å². The van der Waals surface area contributed by atoms with E-state index in [-0.39, 0.29) is 12.1 Å². The number of unbranched alkanes of at least 4 members (excludes halogenated alkanes) is 1. The van der Waals surface area contributed by atoms with Crippen LogP contribution in [0.1, 0.15) is 58.3 Å². The molecule has 0 saturated carbocycles. The molecular formula is C15H27N5O. The number of urea groups is 1. The van der Waals surface area contributed by atoms with Gasteiger partial charge in [-0.3, -0.25) is 0 Å². The zero-order valence-corrected chi connectivity index (χ0v) is 13.4. The summed E-state index contributed by atoms with van der Waals surface area (Å²) in [6, 6.07) is 0.0953. The van der Waals surface area contributed by atoms with E-state index in [9.17, 15) is 4.79 Å². The fraction of sp³-hybridized carbons (Fsp3) is 0.800. The zero-order valence-electron chi connectivity index (χ0n) is 13.4. The largest absolute Gasteiger partial charge is 0.338 e. The molecule has 0 aliphatic carbocycles. The molecule has 6 nitrogen and oxygen atoms in total. The number of hydrogen-bond donors (Lipinski definition) is 1. The SMILES string of the molecule is CCCCNC(=O)N1CCC[C@@H]1c1nncn1CC(C)C. The highest BCUT2D eigenvalue weighted by Gasteiger charge is 2.33. The Labute approximate surface area is 126 Å². The van der Waals surface area contributed by atoms with Crippen LogP contribution in [0.5, 0.6) is 0 Å². The van der Waals surface area contributed by atoms with Crippen molar-refractivity contribution in [3.8, 4) is 0 Å². The lowest BCUT2D eigenvalue weighted by molar-refractivity contribution is 0.189. The number of likely N-dealkylation sites (tertiary alicyclic amines) is 1. The summed E-state index contributed by atoms with van der Waals surface area (Å²) in [6.07, 6.45) is 5.89. The van der Waals surface area contributed by atoms with Crippen LogP contribution >= 0.6 is 0 Å². The van der Waals surface area contributed by atoms with E-state index in [1.165, 1.54) is 0 Å². The third-order valence-electron chi connectivity index (χ3n) is 3.83. The first-order chi connectivity index (χ1) is 10.1. The maximum atomic E-state index is 12.3. The topological polar surface area (TPSA) is 63.1 Å². The van der Waals surface area contributed by atoms with Crippen molar-refractivity contribution in [3.05, 3.63) is 12.2 Å². The summed E-state index contributed by atoms with van der Waals surface area (Å²) < 4.78 is 2.09. The van der Waals surface area contributed by atoms with Crippen LogP contribution in [0.15, 0.2) is 6.33 Å². The Kier molecular flexibility index (Phi) is 5.59. The summed E-state index contributed by atoms with van der Waals surface area (Å²) in [5.41, 5.74) is 0. The van der Waals surface area contributed by atoms with Crippen LogP contribution in [-0.4, -0.2) is 38.8 Å². The maximum Gasteiger partial charge on any atom is 0.318 e. The van der Waals surface area contributed by atoms with Crippen molar-refractivity contribution in [2.45, 2.75) is 59.0 Å². The number of rotatable bonds is 6. The smallest absolute Gasteiger partial charge is 0.318 e. The van der Waals surface area contributed by atoms with Crippen LogP contribution in [0, 0.1) is 5.92 Å². The van der Waals surface area contributed by atoms with Gasteiger partial charge in [0.2, 0.25) is 0 Å². The fourth-order valence-electron chi connectivity index (χ4n) is 2.81. The zero-order chi connectivity index (χ0) is 15.2. The Bertz CT molecular complexity index is 457. The van der Waals surface area contributed by atoms with Gasteiger partial charge in [-0.15, -0.1) is 10.2 Å². The molecule has 2 amide bonds. The van der Waals surface area contributed by atoms with Gasteiger partial charge in [0, 0.05) is 19.6 Å². The van der Waals surface area contributed by atoms with Gasteiger partial charge in [-0.25, -0.2) is 4.79 Å². The lowest BCUT2D eigenvalue weighted by atomic mass is 10.2. The van der Waals surface area contributed by atoms with Gasteiger partial charge in [0.1, 0.15) is 6.33 Å². The van der Waals surface area contributed by atoms with Crippen molar-refractivity contribution in [2.24, 2.45) is 5.92 Å². The van der Waals surface area contributed by atoms with E-state index in [1.807, 2.05) is 4.90 Å². The maximum absolute atomic E-state index is 12.3. The number of nitrogens with zero attached hydrogens (tertiary/aromatic N) is 4. The fourth-order valence-corrected chi connectivity index (χ4v) is 2.81. The number of aromatic nitrogens is 3. The Hall–Kier alpha value is -1.59. The molecule has 0 unspecified atom stereocenters. The molecule has 0 bridgehead atoms. The summed E-state index contributed by atoms with van der Waals surface area (Å²) >= 11 is 0. The van der Waals surface area contributed by atoms with Gasteiger partial charge >= 0.3 is 6.03 Å². The number of hydrogen-bond acceptors (Lipinski definition) is 3. The third kappa shape index (κ3) is 3.95. The molecule has 0 radical (unpaired) electrons. The van der Waals surface area contributed by atoms with Crippen LogP contribution < -0.4 is 5.32 Å². The van der Waals surface area contributed by atoms with Crippen molar-refractivity contribution in [3.63, 3.8) is 0 Å². The normalized spacial score (nSPS) is 18.5. The van der Waals surface area contributed by atoms with Crippen LogP contribution in [0.2, 0.25) is 0 Å². The van der Waals surface area contributed by atoms with Crippen molar-refractivity contribution in [1.82, 2.24) is 25.0 Å². The highest BCUT2D eigenvalue weighted by molar-refractivity contribution is 5.74. The molecule has 0 aromatic carbocycles. The van der Waals surface area contributed by atoms with Crippen LogP contribution in [0.3, 0.4) is 0 Å². The predicted molar refractivity (Wildman–Crippen MR) is 81.8 cm³/mol. The van der Waals surface area contributed by atoms with Crippen LogP contribution in [-0.2, 0) is 6.54 Å². The lowest BCUT2D eigenvalue weighted by Crippen LogP contribution is -2.40. The highest BCUT2D eigenvalue weighted by atomic mass is 16.2. The van der Waals surface area contributed by atoms with Gasteiger partial charge < -0.3 is 14.8 Å². The van der Waals surface area contributed by atoms with Gasteiger partial charge in [-0.05, 0) is 25.2 Å². The molecule has 1 fully saturated rings. The van der Waals surface area contributed by atoms with E-state index in [0.29, 0.717) is 5.92 Å². The van der Waals surface area contributed by atoms with Crippen LogP contribution in [0.4, 0.5) is 4.79 Å². The first kappa shape index (κ1) is 15.8. The molecule has 1 saturated heterocycles. The van der Waals surface area contributed by atoms with Gasteiger partial charge in [-0.1, -0.05) is 27.2 Å². The molecule has 1 aliphatic rings. The first-order valence-corrected chi connectivity index (χ1v) is 8.05. The molecule has 2 rings (SSSR count). The Morgan fingerprint density at radius 1 is 1.52 bits per heavy atom. The Morgan fingerprint density at radius 2 is 2.33 bits per heavy atom. The molecule has 1 aromatic heterocycles. The molecule has 118 valence electrons.